The molecule has 0 radical (unpaired) electrons. The van der Waals surface area contributed by atoms with Crippen molar-refractivity contribution < 1.29 is 9.32 Å². The Kier molecular flexibility index (Phi) is 3.81. The third-order valence-electron chi connectivity index (χ3n) is 5.40. The summed E-state index contributed by atoms with van der Waals surface area (Å²) >= 11 is 0. The number of fused-ring (bicyclic) bond motifs is 1. The summed E-state index contributed by atoms with van der Waals surface area (Å²) in [5.41, 5.74) is 2.82. The molecule has 1 saturated heterocycles. The monoisotopic (exact) mass is 363 g/mol. The van der Waals surface area contributed by atoms with Crippen LogP contribution in [-0.4, -0.2) is 52.1 Å². The van der Waals surface area contributed by atoms with Crippen molar-refractivity contribution >= 4 is 22.8 Å². The van der Waals surface area contributed by atoms with E-state index in [0.717, 1.165) is 48.5 Å². The number of hydrogen-bond acceptors (Lipinski definition) is 6. The Morgan fingerprint density at radius 3 is 2.70 bits per heavy atom. The van der Waals surface area contributed by atoms with Gasteiger partial charge in [0.15, 0.2) is 0 Å². The van der Waals surface area contributed by atoms with Gasteiger partial charge in [-0.25, -0.2) is 9.97 Å². The minimum Gasteiger partial charge on any atom is -0.353 e. The highest BCUT2D eigenvalue weighted by Crippen LogP contribution is 2.40. The predicted molar refractivity (Wildman–Crippen MR) is 101 cm³/mol. The summed E-state index contributed by atoms with van der Waals surface area (Å²) in [6.07, 6.45) is 4.05. The smallest absolute Gasteiger partial charge is 0.259 e. The second-order valence-corrected chi connectivity index (χ2v) is 7.28. The Balaban J connectivity index is 1.41. The van der Waals surface area contributed by atoms with Gasteiger partial charge in [-0.1, -0.05) is 11.2 Å². The van der Waals surface area contributed by atoms with Crippen LogP contribution in [0.1, 0.15) is 40.5 Å². The molecule has 1 aliphatic carbocycles. The number of pyridine rings is 2. The highest BCUT2D eigenvalue weighted by Gasteiger charge is 2.30. The highest BCUT2D eigenvalue weighted by molar-refractivity contribution is 6.06. The molecule has 1 saturated carbocycles. The fraction of sp³-hybridized carbons (Fsp3) is 0.400. The topological polar surface area (TPSA) is 75.4 Å². The first-order chi connectivity index (χ1) is 13.2. The van der Waals surface area contributed by atoms with Gasteiger partial charge in [0, 0.05) is 44.0 Å². The van der Waals surface area contributed by atoms with Crippen LogP contribution < -0.4 is 4.90 Å². The normalized spacial score (nSPS) is 17.5. The van der Waals surface area contributed by atoms with Gasteiger partial charge < -0.3 is 14.3 Å². The molecule has 0 aromatic carbocycles. The zero-order valence-electron chi connectivity index (χ0n) is 15.3. The van der Waals surface area contributed by atoms with Crippen LogP contribution in [0.3, 0.4) is 0 Å². The van der Waals surface area contributed by atoms with Crippen molar-refractivity contribution in [1.82, 2.24) is 20.0 Å². The van der Waals surface area contributed by atoms with Crippen molar-refractivity contribution in [3.8, 4) is 0 Å². The standard InChI is InChI=1S/C20H21N5O2/c1-13-18-15(12-16(14-5-6-14)22-19(18)27-23-13)20(26)25-10-8-24(9-11-25)17-4-2-3-7-21-17/h2-4,7,12,14H,5-6,8-11H2,1H3. The maximum Gasteiger partial charge on any atom is 0.259 e. The number of rotatable bonds is 3. The molecule has 3 aromatic rings. The quantitative estimate of drug-likeness (QED) is 0.712. The van der Waals surface area contributed by atoms with Crippen LogP contribution in [0.5, 0.6) is 0 Å². The molecule has 0 N–H and O–H groups in total. The van der Waals surface area contributed by atoms with Gasteiger partial charge in [-0.05, 0) is 38.0 Å². The van der Waals surface area contributed by atoms with E-state index in [1.54, 1.807) is 6.20 Å². The van der Waals surface area contributed by atoms with Crippen LogP contribution in [0.15, 0.2) is 35.0 Å². The molecule has 4 heterocycles. The second kappa shape index (κ2) is 6.33. The Morgan fingerprint density at radius 2 is 2.00 bits per heavy atom. The predicted octanol–water partition coefficient (Wildman–Crippen LogP) is 2.77. The number of nitrogens with zero attached hydrogens (tertiary/aromatic N) is 5. The molecule has 3 aromatic heterocycles. The highest BCUT2D eigenvalue weighted by atomic mass is 16.5. The van der Waals surface area contributed by atoms with Crippen molar-refractivity contribution in [3.05, 3.63) is 47.4 Å². The first-order valence-corrected chi connectivity index (χ1v) is 9.43. The number of anilines is 1. The Morgan fingerprint density at radius 1 is 1.19 bits per heavy atom. The zero-order chi connectivity index (χ0) is 18.4. The lowest BCUT2D eigenvalue weighted by Gasteiger charge is -2.35. The molecular formula is C20H21N5O2. The molecule has 7 heteroatoms. The van der Waals surface area contributed by atoms with E-state index in [1.165, 1.54) is 0 Å². The maximum absolute atomic E-state index is 13.3. The van der Waals surface area contributed by atoms with Gasteiger partial charge in [-0.2, -0.15) is 0 Å². The van der Waals surface area contributed by atoms with Crippen LogP contribution in [0, 0.1) is 6.92 Å². The molecule has 5 rings (SSSR count). The number of hydrogen-bond donors (Lipinski definition) is 0. The van der Waals surface area contributed by atoms with Gasteiger partial charge in [-0.3, -0.25) is 4.79 Å². The minimum absolute atomic E-state index is 0.0382. The Labute approximate surface area is 157 Å². The number of carbonyl (C=O) groups is 1. The average molecular weight is 363 g/mol. The lowest BCUT2D eigenvalue weighted by atomic mass is 10.1. The van der Waals surface area contributed by atoms with Gasteiger partial charge in [-0.15, -0.1) is 0 Å². The largest absolute Gasteiger partial charge is 0.353 e. The van der Waals surface area contributed by atoms with E-state index in [0.29, 0.717) is 30.3 Å². The van der Waals surface area contributed by atoms with Gasteiger partial charge >= 0.3 is 0 Å². The van der Waals surface area contributed by atoms with Gasteiger partial charge in [0.25, 0.3) is 11.6 Å². The van der Waals surface area contributed by atoms with E-state index in [1.807, 2.05) is 36.1 Å². The summed E-state index contributed by atoms with van der Waals surface area (Å²) in [6.45, 7) is 4.74. The van der Waals surface area contributed by atoms with E-state index in [4.69, 9.17) is 4.52 Å². The average Bonchev–Trinajstić information content (AvgIpc) is 3.51. The van der Waals surface area contributed by atoms with Crippen molar-refractivity contribution in [2.45, 2.75) is 25.7 Å². The molecule has 1 amide bonds. The van der Waals surface area contributed by atoms with Gasteiger partial charge in [0.2, 0.25) is 0 Å². The van der Waals surface area contributed by atoms with Crippen LogP contribution in [-0.2, 0) is 0 Å². The van der Waals surface area contributed by atoms with Crippen molar-refractivity contribution in [2.75, 3.05) is 31.1 Å². The lowest BCUT2D eigenvalue weighted by molar-refractivity contribution is 0.0748. The summed E-state index contributed by atoms with van der Waals surface area (Å²) in [4.78, 5) is 26.4. The molecule has 2 fully saturated rings. The van der Waals surface area contributed by atoms with Crippen LogP contribution in [0.25, 0.3) is 11.1 Å². The van der Waals surface area contributed by atoms with Crippen LogP contribution >= 0.6 is 0 Å². The Bertz CT molecular complexity index is 988. The zero-order valence-corrected chi connectivity index (χ0v) is 15.3. The number of aryl methyl sites for hydroxylation is 1. The first kappa shape index (κ1) is 16.2. The van der Waals surface area contributed by atoms with Crippen molar-refractivity contribution in [2.24, 2.45) is 0 Å². The molecule has 0 atom stereocenters. The fourth-order valence-corrected chi connectivity index (χ4v) is 3.72. The summed E-state index contributed by atoms with van der Waals surface area (Å²) < 4.78 is 5.37. The number of amides is 1. The summed E-state index contributed by atoms with van der Waals surface area (Å²) in [7, 11) is 0. The number of aromatic nitrogens is 3. The van der Waals surface area contributed by atoms with Crippen molar-refractivity contribution in [3.63, 3.8) is 0 Å². The van der Waals surface area contributed by atoms with Crippen molar-refractivity contribution in [1.29, 1.82) is 0 Å². The SMILES string of the molecule is Cc1noc2nc(C3CC3)cc(C(=O)N3CCN(c4ccccn4)CC3)c12. The third kappa shape index (κ3) is 2.93. The number of carbonyl (C=O) groups excluding carboxylic acids is 1. The fourth-order valence-electron chi connectivity index (χ4n) is 3.72. The molecule has 7 nitrogen and oxygen atoms in total. The van der Waals surface area contributed by atoms with Gasteiger partial charge in [0.05, 0.1) is 16.6 Å². The summed E-state index contributed by atoms with van der Waals surface area (Å²) in [6, 6.07) is 7.86. The maximum atomic E-state index is 13.3. The van der Waals surface area contributed by atoms with E-state index >= 15 is 0 Å². The molecule has 27 heavy (non-hydrogen) atoms. The molecule has 1 aliphatic heterocycles. The molecule has 2 aliphatic rings. The van der Waals surface area contributed by atoms with Crippen LogP contribution in [0.4, 0.5) is 5.82 Å². The van der Waals surface area contributed by atoms with E-state index in [-0.39, 0.29) is 5.91 Å². The van der Waals surface area contributed by atoms with Gasteiger partial charge in [0.1, 0.15) is 5.82 Å². The molecule has 0 spiro atoms. The lowest BCUT2D eigenvalue weighted by Crippen LogP contribution is -2.49. The summed E-state index contributed by atoms with van der Waals surface area (Å²) in [5.74, 6) is 1.45. The van der Waals surface area contributed by atoms with E-state index < -0.39 is 0 Å². The van der Waals surface area contributed by atoms with Crippen LogP contribution in [0.2, 0.25) is 0 Å². The summed E-state index contributed by atoms with van der Waals surface area (Å²) in [5, 5.41) is 4.78. The molecule has 0 bridgehead atoms. The minimum atomic E-state index is 0.0382. The third-order valence-corrected chi connectivity index (χ3v) is 5.40. The van der Waals surface area contributed by atoms with E-state index in [2.05, 4.69) is 20.0 Å². The molecule has 0 unspecified atom stereocenters. The second-order valence-electron chi connectivity index (χ2n) is 7.28. The van der Waals surface area contributed by atoms with E-state index in [9.17, 15) is 4.79 Å². The number of piperazine rings is 1. The first-order valence-electron chi connectivity index (χ1n) is 9.43. The Hall–Kier alpha value is -2.96. The molecular weight excluding hydrogens is 342 g/mol. The molecule has 138 valence electrons.